The van der Waals surface area contributed by atoms with Crippen LogP contribution in [0.4, 0.5) is 5.69 Å². The van der Waals surface area contributed by atoms with Crippen LogP contribution in [0, 0.1) is 13.8 Å². The van der Waals surface area contributed by atoms with E-state index in [2.05, 4.69) is 41.3 Å². The molecule has 0 aliphatic carbocycles. The van der Waals surface area contributed by atoms with Gasteiger partial charge in [-0.2, -0.15) is 0 Å². The molecule has 0 saturated heterocycles. The van der Waals surface area contributed by atoms with E-state index in [1.165, 1.54) is 11.8 Å². The van der Waals surface area contributed by atoms with Crippen molar-refractivity contribution in [2.75, 3.05) is 11.9 Å². The molecule has 0 bridgehead atoms. The molecule has 0 saturated carbocycles. The second kappa shape index (κ2) is 9.56. The van der Waals surface area contributed by atoms with E-state index >= 15 is 0 Å². The van der Waals surface area contributed by atoms with Crippen LogP contribution in [0.3, 0.4) is 0 Å². The number of carbonyl (C=O) groups excluding carboxylic acids is 1. The van der Waals surface area contributed by atoms with Gasteiger partial charge in [0.25, 0.3) is 5.91 Å². The molecule has 1 aromatic heterocycles. The first kappa shape index (κ1) is 20.9. The molecule has 5 nitrogen and oxygen atoms in total. The number of hydrogen-bond donors (Lipinski definition) is 1. The van der Waals surface area contributed by atoms with E-state index in [9.17, 15) is 4.79 Å². The topological polar surface area (TPSA) is 64.1 Å². The van der Waals surface area contributed by atoms with E-state index in [1.807, 2.05) is 38.1 Å². The number of aryl methyl sites for hydroxylation is 2. The number of benzene rings is 2. The Kier molecular flexibility index (Phi) is 6.88. The molecule has 0 aliphatic heterocycles. The number of ether oxygens (including phenoxy) is 1. The minimum atomic E-state index is -0.184. The fourth-order valence-corrected chi connectivity index (χ4v) is 3.67. The smallest absolute Gasteiger partial charge is 0.262 e. The third-order valence-electron chi connectivity index (χ3n) is 4.37. The number of nitrogens with one attached hydrogen (secondary N) is 1. The van der Waals surface area contributed by atoms with E-state index in [1.54, 1.807) is 18.5 Å². The van der Waals surface area contributed by atoms with Gasteiger partial charge in [0, 0.05) is 23.0 Å². The highest BCUT2D eigenvalue weighted by molar-refractivity contribution is 7.99. The van der Waals surface area contributed by atoms with Crippen molar-refractivity contribution in [1.82, 2.24) is 9.97 Å². The largest absolute Gasteiger partial charge is 0.483 e. The van der Waals surface area contributed by atoms with Crippen molar-refractivity contribution >= 4 is 23.4 Å². The van der Waals surface area contributed by atoms with E-state index < -0.39 is 0 Å². The number of aromatic nitrogens is 2. The van der Waals surface area contributed by atoms with Crippen molar-refractivity contribution < 1.29 is 9.53 Å². The Balaban J connectivity index is 1.62. The van der Waals surface area contributed by atoms with E-state index in [4.69, 9.17) is 4.74 Å². The van der Waals surface area contributed by atoms with Crippen molar-refractivity contribution in [1.29, 1.82) is 0 Å². The van der Waals surface area contributed by atoms with Gasteiger partial charge in [-0.25, -0.2) is 9.97 Å². The summed E-state index contributed by atoms with van der Waals surface area (Å²) in [6.07, 6.45) is 3.44. The molecule has 3 aromatic rings. The standard InChI is InChI=1S/C23H25N3O2S/c1-15(2)19-8-6-16(3)12-21(19)28-14-22(27)26-20-9-7-18(13-17(20)4)29-23-24-10-5-11-25-23/h5-13,15H,14H2,1-4H3,(H,26,27). The van der Waals surface area contributed by atoms with Crippen molar-refractivity contribution in [3.05, 3.63) is 71.5 Å². The third-order valence-corrected chi connectivity index (χ3v) is 5.26. The van der Waals surface area contributed by atoms with Crippen molar-refractivity contribution in [2.45, 2.75) is 43.7 Å². The van der Waals surface area contributed by atoms with Crippen LogP contribution in [0.5, 0.6) is 5.75 Å². The lowest BCUT2D eigenvalue weighted by Gasteiger charge is -2.15. The Labute approximate surface area is 175 Å². The van der Waals surface area contributed by atoms with Gasteiger partial charge in [0.05, 0.1) is 0 Å². The summed E-state index contributed by atoms with van der Waals surface area (Å²) in [6.45, 7) is 8.17. The van der Waals surface area contributed by atoms with Gasteiger partial charge in [0.1, 0.15) is 5.75 Å². The second-order valence-corrected chi connectivity index (χ2v) is 8.18. The monoisotopic (exact) mass is 407 g/mol. The summed E-state index contributed by atoms with van der Waals surface area (Å²) in [5, 5.41) is 3.62. The van der Waals surface area contributed by atoms with Crippen LogP contribution < -0.4 is 10.1 Å². The Morgan fingerprint density at radius 1 is 1.10 bits per heavy atom. The lowest BCUT2D eigenvalue weighted by Crippen LogP contribution is -2.21. The summed E-state index contributed by atoms with van der Waals surface area (Å²) >= 11 is 1.48. The van der Waals surface area contributed by atoms with Gasteiger partial charge in [0.2, 0.25) is 0 Å². The lowest BCUT2D eigenvalue weighted by molar-refractivity contribution is -0.118. The highest BCUT2D eigenvalue weighted by Gasteiger charge is 2.12. The fourth-order valence-electron chi connectivity index (χ4n) is 2.86. The first-order valence-corrected chi connectivity index (χ1v) is 10.3. The molecule has 0 atom stereocenters. The third kappa shape index (κ3) is 5.81. The summed E-state index contributed by atoms with van der Waals surface area (Å²) < 4.78 is 5.82. The average molecular weight is 408 g/mol. The first-order valence-electron chi connectivity index (χ1n) is 9.51. The molecule has 0 unspecified atom stereocenters. The molecule has 3 rings (SSSR count). The maximum Gasteiger partial charge on any atom is 0.262 e. The van der Waals surface area contributed by atoms with Crippen molar-refractivity contribution in [3.8, 4) is 5.75 Å². The number of anilines is 1. The predicted octanol–water partition coefficient (Wildman–Crippen LogP) is 5.39. The summed E-state index contributed by atoms with van der Waals surface area (Å²) in [6, 6.07) is 13.7. The van der Waals surface area contributed by atoms with Crippen molar-refractivity contribution in [2.24, 2.45) is 0 Å². The van der Waals surface area contributed by atoms with Gasteiger partial charge >= 0.3 is 0 Å². The molecule has 150 valence electrons. The number of hydrogen-bond acceptors (Lipinski definition) is 5. The van der Waals surface area contributed by atoms with Crippen molar-refractivity contribution in [3.63, 3.8) is 0 Å². The molecule has 0 fully saturated rings. The molecule has 1 N–H and O–H groups in total. The van der Waals surface area contributed by atoms with Crippen LogP contribution in [-0.4, -0.2) is 22.5 Å². The SMILES string of the molecule is Cc1ccc(C(C)C)c(OCC(=O)Nc2ccc(Sc3ncccn3)cc2C)c1. The molecule has 0 radical (unpaired) electrons. The zero-order chi connectivity index (χ0) is 20.8. The summed E-state index contributed by atoms with van der Waals surface area (Å²) in [7, 11) is 0. The molecular weight excluding hydrogens is 382 g/mol. The van der Waals surface area contributed by atoms with Gasteiger partial charge in [-0.1, -0.05) is 26.0 Å². The minimum absolute atomic E-state index is 0.0308. The van der Waals surface area contributed by atoms with Gasteiger partial charge in [0.15, 0.2) is 11.8 Å². The molecule has 6 heteroatoms. The Morgan fingerprint density at radius 3 is 2.55 bits per heavy atom. The summed E-state index contributed by atoms with van der Waals surface area (Å²) in [5.41, 5.74) is 3.95. The van der Waals surface area contributed by atoms with Gasteiger partial charge in [-0.3, -0.25) is 4.79 Å². The zero-order valence-corrected chi connectivity index (χ0v) is 17.9. The van der Waals surface area contributed by atoms with Crippen LogP contribution in [-0.2, 0) is 4.79 Å². The maximum absolute atomic E-state index is 12.4. The lowest BCUT2D eigenvalue weighted by atomic mass is 10.0. The summed E-state index contributed by atoms with van der Waals surface area (Å²) in [5.74, 6) is 0.909. The molecule has 29 heavy (non-hydrogen) atoms. The molecule has 1 amide bonds. The van der Waals surface area contributed by atoms with Crippen LogP contribution in [0.15, 0.2) is 64.9 Å². The van der Waals surface area contributed by atoms with E-state index in [0.29, 0.717) is 11.1 Å². The number of rotatable bonds is 7. The van der Waals surface area contributed by atoms with Crippen LogP contribution >= 0.6 is 11.8 Å². The van der Waals surface area contributed by atoms with Gasteiger partial charge < -0.3 is 10.1 Å². The quantitative estimate of drug-likeness (QED) is 0.532. The molecule has 0 aliphatic rings. The average Bonchev–Trinajstić information content (AvgIpc) is 2.69. The Bertz CT molecular complexity index is 991. The number of carbonyl (C=O) groups is 1. The minimum Gasteiger partial charge on any atom is -0.483 e. The first-order chi connectivity index (χ1) is 13.9. The van der Waals surface area contributed by atoms with Gasteiger partial charge in [-0.15, -0.1) is 0 Å². The Morgan fingerprint density at radius 2 is 1.86 bits per heavy atom. The van der Waals surface area contributed by atoms with Gasteiger partial charge in [-0.05, 0) is 78.5 Å². The maximum atomic E-state index is 12.4. The Hall–Kier alpha value is -2.86. The molecular formula is C23H25N3O2S. The normalized spacial score (nSPS) is 10.8. The van der Waals surface area contributed by atoms with Crippen LogP contribution in [0.2, 0.25) is 0 Å². The highest BCUT2D eigenvalue weighted by Crippen LogP contribution is 2.29. The number of nitrogens with zero attached hydrogens (tertiary/aromatic N) is 2. The van der Waals surface area contributed by atoms with E-state index in [0.717, 1.165) is 33.0 Å². The zero-order valence-electron chi connectivity index (χ0n) is 17.1. The molecule has 1 heterocycles. The molecule has 2 aromatic carbocycles. The van der Waals surface area contributed by atoms with Crippen LogP contribution in [0.25, 0.3) is 0 Å². The van der Waals surface area contributed by atoms with Crippen LogP contribution in [0.1, 0.15) is 36.5 Å². The second-order valence-electron chi connectivity index (χ2n) is 7.14. The molecule has 0 spiro atoms. The van der Waals surface area contributed by atoms with E-state index in [-0.39, 0.29) is 12.5 Å². The number of amides is 1. The summed E-state index contributed by atoms with van der Waals surface area (Å²) in [4.78, 5) is 21.9. The highest BCUT2D eigenvalue weighted by atomic mass is 32.2. The predicted molar refractivity (Wildman–Crippen MR) is 117 cm³/mol. The fraction of sp³-hybridized carbons (Fsp3) is 0.261.